The van der Waals surface area contributed by atoms with Crippen molar-refractivity contribution in [2.75, 3.05) is 62.7 Å². The molecule has 2 N–H and O–H groups in total. The van der Waals surface area contributed by atoms with E-state index in [9.17, 15) is 23.9 Å². The van der Waals surface area contributed by atoms with E-state index in [1.54, 1.807) is 17.2 Å². The molecule has 2 atom stereocenters. The molecule has 1 aromatic heterocycles. The first-order valence-electron chi connectivity index (χ1n) is 16.2. The molecule has 4 aliphatic rings. The number of anilines is 2. The van der Waals surface area contributed by atoms with Crippen LogP contribution in [0.2, 0.25) is 10.0 Å². The fourth-order valence-electron chi connectivity index (χ4n) is 7.10. The fraction of sp³-hybridized carbons (Fsp3) is 0.382. The summed E-state index contributed by atoms with van der Waals surface area (Å²) in [6.45, 7) is 3.48. The number of methoxy groups -OCH3 is 1. The number of carboxylic acid groups (broad SMARTS) is 1. The summed E-state index contributed by atoms with van der Waals surface area (Å²) in [6.07, 6.45) is 2.75. The average Bonchev–Trinajstić information content (AvgIpc) is 3.76. The fourth-order valence-corrected chi connectivity index (χ4v) is 8.19. The third kappa shape index (κ3) is 6.76. The van der Waals surface area contributed by atoms with Gasteiger partial charge in [-0.1, -0.05) is 29.3 Å². The Kier molecular flexibility index (Phi) is 9.70. The highest BCUT2D eigenvalue weighted by Gasteiger charge is 2.42. The highest BCUT2D eigenvalue weighted by Crippen LogP contribution is 2.38. The average molecular weight is 743 g/mol. The Labute approximate surface area is 301 Å². The van der Waals surface area contributed by atoms with E-state index in [1.807, 2.05) is 22.4 Å². The number of thiazole rings is 1. The van der Waals surface area contributed by atoms with Crippen LogP contribution in [-0.4, -0.2) is 103 Å². The number of piperidine rings is 1. The number of benzene rings is 2. The third-order valence-corrected chi connectivity index (χ3v) is 11.0. The van der Waals surface area contributed by atoms with Gasteiger partial charge in [-0.15, -0.1) is 11.3 Å². The zero-order valence-electron chi connectivity index (χ0n) is 27.0. The number of halogens is 3. The molecule has 3 aromatic rings. The number of aromatic nitrogens is 1. The monoisotopic (exact) mass is 741 g/mol. The molecule has 0 spiro atoms. The molecule has 3 saturated heterocycles. The van der Waals surface area contributed by atoms with Gasteiger partial charge in [-0.25, -0.2) is 19.0 Å². The van der Waals surface area contributed by atoms with Gasteiger partial charge in [0.2, 0.25) is 0 Å². The van der Waals surface area contributed by atoms with Crippen molar-refractivity contribution >= 4 is 69.7 Å². The molecule has 3 fully saturated rings. The lowest BCUT2D eigenvalue weighted by Gasteiger charge is -2.38. The van der Waals surface area contributed by atoms with Crippen molar-refractivity contribution in [2.45, 2.75) is 24.9 Å². The summed E-state index contributed by atoms with van der Waals surface area (Å²) in [5.74, 6) is -1.77. The number of rotatable bonds is 8. The lowest BCUT2D eigenvalue weighted by Crippen LogP contribution is -2.53. The molecule has 7 rings (SSSR count). The molecule has 0 saturated carbocycles. The maximum absolute atomic E-state index is 14.0. The summed E-state index contributed by atoms with van der Waals surface area (Å²) in [5, 5.41) is 15.8. The van der Waals surface area contributed by atoms with E-state index in [0.29, 0.717) is 91.5 Å². The van der Waals surface area contributed by atoms with Gasteiger partial charge in [-0.05, 0) is 43.2 Å². The number of urea groups is 1. The number of hydrogen-bond donors (Lipinski definition) is 2. The van der Waals surface area contributed by atoms with Crippen LogP contribution in [0.25, 0.3) is 0 Å². The first-order chi connectivity index (χ1) is 24.1. The molecule has 0 radical (unpaired) electrons. The minimum absolute atomic E-state index is 0.109. The van der Waals surface area contributed by atoms with Gasteiger partial charge < -0.3 is 25.0 Å². The first-order valence-corrected chi connectivity index (χ1v) is 17.8. The van der Waals surface area contributed by atoms with Crippen molar-refractivity contribution in [3.8, 4) is 0 Å². The molecule has 0 aliphatic carbocycles. The minimum atomic E-state index is -0.873. The maximum atomic E-state index is 14.0. The summed E-state index contributed by atoms with van der Waals surface area (Å²) >= 11 is 14.5. The summed E-state index contributed by atoms with van der Waals surface area (Å²) in [5.41, 5.74) is 2.81. The molecular formula is C34H34Cl2FN7O5S. The van der Waals surface area contributed by atoms with Gasteiger partial charge >= 0.3 is 18.0 Å². The van der Waals surface area contributed by atoms with E-state index in [1.165, 1.54) is 36.6 Å². The van der Waals surface area contributed by atoms with Gasteiger partial charge in [-0.2, -0.15) is 0 Å². The quantitative estimate of drug-likeness (QED) is 0.305. The van der Waals surface area contributed by atoms with Crippen molar-refractivity contribution in [3.63, 3.8) is 0 Å². The van der Waals surface area contributed by atoms with Crippen LogP contribution in [-0.2, 0) is 14.3 Å². The Morgan fingerprint density at radius 1 is 1.08 bits per heavy atom. The lowest BCUT2D eigenvalue weighted by molar-refractivity contribution is -0.142. The van der Waals surface area contributed by atoms with Crippen molar-refractivity contribution in [2.24, 2.45) is 10.9 Å². The number of carbonyl (C=O) groups is 3. The number of nitrogens with one attached hydrogen (secondary N) is 1. The number of aliphatic imine (C=N–C) groups is 1. The van der Waals surface area contributed by atoms with Crippen LogP contribution in [0.4, 0.5) is 20.6 Å². The number of nitrogens with zero attached hydrogens (tertiary/aromatic N) is 6. The van der Waals surface area contributed by atoms with E-state index >= 15 is 0 Å². The SMILES string of the molecule is COC(=O)C1=C(CN2CCN3C(=O)N(c4cc(Cl)cc(N5CCC(C(=O)O)CC5)c4)CC3C2)NC(c2nccs2)=N[C@H]1c1ccc(F)cc1Cl. The van der Waals surface area contributed by atoms with Gasteiger partial charge in [-0.3, -0.25) is 19.6 Å². The molecule has 5 heterocycles. The number of hydrogen-bond acceptors (Lipinski definition) is 10. The third-order valence-electron chi connectivity index (χ3n) is 9.63. The topological polar surface area (TPSA) is 131 Å². The summed E-state index contributed by atoms with van der Waals surface area (Å²) < 4.78 is 19.3. The van der Waals surface area contributed by atoms with E-state index < -0.39 is 23.8 Å². The van der Waals surface area contributed by atoms with Crippen molar-refractivity contribution in [1.82, 2.24) is 20.1 Å². The number of esters is 1. The van der Waals surface area contributed by atoms with Crippen molar-refractivity contribution in [1.29, 1.82) is 0 Å². The molecule has 4 aliphatic heterocycles. The molecule has 12 nitrogen and oxygen atoms in total. The predicted molar refractivity (Wildman–Crippen MR) is 189 cm³/mol. The molecule has 262 valence electrons. The number of ether oxygens (including phenoxy) is 1. The Hall–Kier alpha value is -4.24. The van der Waals surface area contributed by atoms with Gasteiger partial charge in [0.05, 0.1) is 24.6 Å². The zero-order valence-corrected chi connectivity index (χ0v) is 29.3. The van der Waals surface area contributed by atoms with Crippen LogP contribution >= 0.6 is 34.5 Å². The molecule has 16 heteroatoms. The number of amidine groups is 1. The number of amides is 2. The van der Waals surface area contributed by atoms with Gasteiger partial charge in [0.15, 0.2) is 10.8 Å². The van der Waals surface area contributed by atoms with E-state index in [-0.39, 0.29) is 28.6 Å². The lowest BCUT2D eigenvalue weighted by atomic mass is 9.95. The molecule has 0 bridgehead atoms. The maximum Gasteiger partial charge on any atom is 0.338 e. The Bertz CT molecular complexity index is 1880. The highest BCUT2D eigenvalue weighted by atomic mass is 35.5. The van der Waals surface area contributed by atoms with E-state index in [2.05, 4.69) is 20.1 Å². The number of fused-ring (bicyclic) bond motifs is 1. The molecular weight excluding hydrogens is 708 g/mol. The second kappa shape index (κ2) is 14.2. The van der Waals surface area contributed by atoms with E-state index in [0.717, 1.165) is 5.69 Å². The molecule has 2 amide bonds. The second-order valence-electron chi connectivity index (χ2n) is 12.6. The van der Waals surface area contributed by atoms with Crippen molar-refractivity contribution < 1.29 is 28.6 Å². The van der Waals surface area contributed by atoms with E-state index in [4.69, 9.17) is 32.9 Å². The summed E-state index contributed by atoms with van der Waals surface area (Å²) in [6, 6.07) is 8.45. The smallest absolute Gasteiger partial charge is 0.338 e. The van der Waals surface area contributed by atoms with Gasteiger partial charge in [0, 0.05) is 90.1 Å². The summed E-state index contributed by atoms with van der Waals surface area (Å²) in [7, 11) is 1.30. The highest BCUT2D eigenvalue weighted by molar-refractivity contribution is 7.11. The molecule has 50 heavy (non-hydrogen) atoms. The normalized spacial score (nSPS) is 21.6. The van der Waals surface area contributed by atoms with Crippen LogP contribution in [0, 0.1) is 11.7 Å². The van der Waals surface area contributed by atoms with Crippen LogP contribution in [0.15, 0.2) is 64.2 Å². The second-order valence-corrected chi connectivity index (χ2v) is 14.4. The molecule has 1 unspecified atom stereocenters. The number of aliphatic carboxylic acids is 1. The van der Waals surface area contributed by atoms with Crippen LogP contribution in [0.5, 0.6) is 0 Å². The Balaban J connectivity index is 1.12. The number of carboxylic acids is 1. The van der Waals surface area contributed by atoms with Crippen molar-refractivity contribution in [3.05, 3.63) is 85.7 Å². The van der Waals surface area contributed by atoms with Crippen LogP contribution < -0.4 is 15.1 Å². The zero-order chi connectivity index (χ0) is 35.1. The molecule has 2 aromatic carbocycles. The Morgan fingerprint density at radius 3 is 2.56 bits per heavy atom. The van der Waals surface area contributed by atoms with Crippen LogP contribution in [0.3, 0.4) is 0 Å². The summed E-state index contributed by atoms with van der Waals surface area (Å²) in [4.78, 5) is 55.7. The number of carbonyl (C=O) groups excluding carboxylic acids is 2. The van der Waals surface area contributed by atoms with Crippen LogP contribution in [0.1, 0.15) is 29.5 Å². The number of piperazine rings is 1. The predicted octanol–water partition coefficient (Wildman–Crippen LogP) is 5.03. The largest absolute Gasteiger partial charge is 0.481 e. The van der Waals surface area contributed by atoms with Gasteiger partial charge in [0.1, 0.15) is 11.9 Å². The first kappa shape index (κ1) is 34.2. The minimum Gasteiger partial charge on any atom is -0.481 e. The van der Waals surface area contributed by atoms with Gasteiger partial charge in [0.25, 0.3) is 0 Å². The standard InChI is InChI=1S/C34H34Cl2FN7O5S/c1-49-33(47)28-27(39-30(31-38-6-11-50-31)40-29(28)25-3-2-21(37)14-26(25)36)18-41-9-10-43-24(16-41)17-44(34(43)48)23-13-20(35)12-22(15-23)42-7-4-19(5-8-42)32(45)46/h2-3,6,11-15,19,24,29H,4-5,7-10,16-18H2,1H3,(H,39,40)(H,45,46)/t24?,29-/m0/s1. The Morgan fingerprint density at radius 2 is 1.86 bits per heavy atom.